The normalized spacial score (nSPS) is 19.4. The standard InChI is InChI=1S/C16H20N4O2S/c1-20(14-8-10-23(21,22)12-14)16-17-9-7-15(19-16)18-11-13-5-3-2-4-6-13/h2-7,9,14H,8,10-12H2,1H3,(H,17,18,19). The van der Waals surface area contributed by atoms with Crippen molar-refractivity contribution in [2.75, 3.05) is 28.8 Å². The number of hydrogen-bond acceptors (Lipinski definition) is 6. The van der Waals surface area contributed by atoms with Gasteiger partial charge in [0.05, 0.1) is 11.5 Å². The predicted molar refractivity (Wildman–Crippen MR) is 91.3 cm³/mol. The largest absolute Gasteiger partial charge is 0.366 e. The van der Waals surface area contributed by atoms with Crippen LogP contribution in [-0.2, 0) is 16.4 Å². The Bertz CT molecular complexity index is 765. The molecule has 1 fully saturated rings. The van der Waals surface area contributed by atoms with Gasteiger partial charge in [0, 0.05) is 25.8 Å². The molecule has 0 radical (unpaired) electrons. The van der Waals surface area contributed by atoms with Gasteiger partial charge in [-0.3, -0.25) is 0 Å². The van der Waals surface area contributed by atoms with Crippen molar-refractivity contribution in [2.45, 2.75) is 19.0 Å². The third kappa shape index (κ3) is 3.98. The highest BCUT2D eigenvalue weighted by atomic mass is 32.2. The first-order valence-corrected chi connectivity index (χ1v) is 9.40. The zero-order valence-corrected chi connectivity index (χ0v) is 13.8. The number of hydrogen-bond donors (Lipinski definition) is 1. The zero-order chi connectivity index (χ0) is 16.3. The minimum atomic E-state index is -2.92. The van der Waals surface area contributed by atoms with Gasteiger partial charge in [0.25, 0.3) is 0 Å². The molecule has 1 aromatic carbocycles. The van der Waals surface area contributed by atoms with Gasteiger partial charge in [0.15, 0.2) is 9.84 Å². The van der Waals surface area contributed by atoms with Crippen molar-refractivity contribution in [3.63, 3.8) is 0 Å². The molecule has 2 aromatic rings. The van der Waals surface area contributed by atoms with Gasteiger partial charge >= 0.3 is 0 Å². The fraction of sp³-hybridized carbons (Fsp3) is 0.375. The van der Waals surface area contributed by atoms with Crippen LogP contribution in [0.1, 0.15) is 12.0 Å². The second-order valence-corrected chi connectivity index (χ2v) is 7.98. The van der Waals surface area contributed by atoms with E-state index in [1.54, 1.807) is 6.20 Å². The molecule has 0 amide bonds. The first kappa shape index (κ1) is 15.7. The Labute approximate surface area is 136 Å². The van der Waals surface area contributed by atoms with E-state index in [1.807, 2.05) is 48.3 Å². The molecule has 122 valence electrons. The van der Waals surface area contributed by atoms with Crippen LogP contribution in [0.2, 0.25) is 0 Å². The summed E-state index contributed by atoms with van der Waals surface area (Å²) in [5, 5.41) is 3.27. The molecule has 1 saturated heterocycles. The summed E-state index contributed by atoms with van der Waals surface area (Å²) in [5.41, 5.74) is 1.17. The summed E-state index contributed by atoms with van der Waals surface area (Å²) in [6.45, 7) is 0.679. The molecule has 1 aliphatic heterocycles. The Morgan fingerprint density at radius 1 is 1.26 bits per heavy atom. The van der Waals surface area contributed by atoms with Crippen LogP contribution in [0.15, 0.2) is 42.6 Å². The fourth-order valence-electron chi connectivity index (χ4n) is 2.65. The van der Waals surface area contributed by atoms with E-state index in [0.717, 1.165) is 5.82 Å². The van der Waals surface area contributed by atoms with Crippen LogP contribution < -0.4 is 10.2 Å². The van der Waals surface area contributed by atoms with Gasteiger partial charge in [0.2, 0.25) is 5.95 Å². The predicted octanol–water partition coefficient (Wildman–Crippen LogP) is 1.71. The second-order valence-electron chi connectivity index (χ2n) is 5.75. The summed E-state index contributed by atoms with van der Waals surface area (Å²) in [7, 11) is -1.07. The molecule has 2 heterocycles. The summed E-state index contributed by atoms with van der Waals surface area (Å²) in [6, 6.07) is 11.8. The van der Waals surface area contributed by atoms with Gasteiger partial charge in [-0.25, -0.2) is 13.4 Å². The smallest absolute Gasteiger partial charge is 0.227 e. The molecule has 1 unspecified atom stereocenters. The molecule has 1 aromatic heterocycles. The minimum Gasteiger partial charge on any atom is -0.366 e. The van der Waals surface area contributed by atoms with Gasteiger partial charge in [-0.2, -0.15) is 4.98 Å². The molecular weight excluding hydrogens is 312 g/mol. The van der Waals surface area contributed by atoms with E-state index in [1.165, 1.54) is 5.56 Å². The topological polar surface area (TPSA) is 75.2 Å². The number of benzene rings is 1. The van der Waals surface area contributed by atoms with Gasteiger partial charge in [-0.1, -0.05) is 30.3 Å². The Morgan fingerprint density at radius 2 is 2.04 bits per heavy atom. The number of nitrogens with zero attached hydrogens (tertiary/aromatic N) is 3. The lowest BCUT2D eigenvalue weighted by Crippen LogP contribution is -2.33. The van der Waals surface area contributed by atoms with E-state index in [2.05, 4.69) is 15.3 Å². The molecule has 23 heavy (non-hydrogen) atoms. The van der Waals surface area contributed by atoms with Crippen LogP contribution in [0.5, 0.6) is 0 Å². The molecular formula is C16H20N4O2S. The van der Waals surface area contributed by atoms with E-state index in [9.17, 15) is 8.42 Å². The molecule has 0 bridgehead atoms. The van der Waals surface area contributed by atoms with Crippen LogP contribution in [0, 0.1) is 0 Å². The highest BCUT2D eigenvalue weighted by Crippen LogP contribution is 2.21. The number of rotatable bonds is 5. The van der Waals surface area contributed by atoms with Crippen LogP contribution in [-0.4, -0.2) is 43.0 Å². The lowest BCUT2D eigenvalue weighted by atomic mass is 10.2. The van der Waals surface area contributed by atoms with Crippen molar-refractivity contribution in [1.29, 1.82) is 0 Å². The third-order valence-corrected chi connectivity index (χ3v) is 5.78. The zero-order valence-electron chi connectivity index (χ0n) is 13.0. The number of aromatic nitrogens is 2. The van der Waals surface area contributed by atoms with E-state index in [0.29, 0.717) is 18.9 Å². The van der Waals surface area contributed by atoms with Crippen molar-refractivity contribution in [1.82, 2.24) is 9.97 Å². The lowest BCUT2D eigenvalue weighted by molar-refractivity contribution is 0.600. The van der Waals surface area contributed by atoms with Gasteiger partial charge in [-0.15, -0.1) is 0 Å². The first-order chi connectivity index (χ1) is 11.0. The van der Waals surface area contributed by atoms with Gasteiger partial charge in [-0.05, 0) is 18.1 Å². The van der Waals surface area contributed by atoms with E-state index >= 15 is 0 Å². The second kappa shape index (κ2) is 6.54. The SMILES string of the molecule is CN(c1nccc(NCc2ccccc2)n1)C1CCS(=O)(=O)C1. The van der Waals surface area contributed by atoms with Crippen LogP contribution in [0.3, 0.4) is 0 Å². The van der Waals surface area contributed by atoms with E-state index in [-0.39, 0.29) is 17.5 Å². The average molecular weight is 332 g/mol. The van der Waals surface area contributed by atoms with E-state index < -0.39 is 9.84 Å². The van der Waals surface area contributed by atoms with Crippen molar-refractivity contribution in [3.8, 4) is 0 Å². The molecule has 0 spiro atoms. The highest BCUT2D eigenvalue weighted by molar-refractivity contribution is 7.91. The maximum atomic E-state index is 11.6. The van der Waals surface area contributed by atoms with Crippen molar-refractivity contribution >= 4 is 21.6 Å². The molecule has 7 heteroatoms. The molecule has 3 rings (SSSR count). The van der Waals surface area contributed by atoms with Crippen LogP contribution in [0.25, 0.3) is 0 Å². The van der Waals surface area contributed by atoms with Gasteiger partial charge < -0.3 is 10.2 Å². The van der Waals surface area contributed by atoms with E-state index in [4.69, 9.17) is 0 Å². The number of anilines is 2. The Morgan fingerprint density at radius 3 is 2.74 bits per heavy atom. The number of nitrogens with one attached hydrogen (secondary N) is 1. The average Bonchev–Trinajstić information content (AvgIpc) is 2.93. The van der Waals surface area contributed by atoms with Crippen LogP contribution in [0.4, 0.5) is 11.8 Å². The summed E-state index contributed by atoms with van der Waals surface area (Å²) < 4.78 is 23.2. The van der Waals surface area contributed by atoms with Crippen molar-refractivity contribution in [2.24, 2.45) is 0 Å². The molecule has 1 aliphatic rings. The molecule has 6 nitrogen and oxygen atoms in total. The van der Waals surface area contributed by atoms with Crippen molar-refractivity contribution < 1.29 is 8.42 Å². The fourth-order valence-corrected chi connectivity index (χ4v) is 4.42. The summed E-state index contributed by atoms with van der Waals surface area (Å²) in [5.74, 6) is 1.69. The molecule has 0 aliphatic carbocycles. The Hall–Kier alpha value is -2.15. The Balaban J connectivity index is 1.67. The molecule has 1 atom stereocenters. The maximum absolute atomic E-state index is 11.6. The molecule has 0 saturated carbocycles. The van der Waals surface area contributed by atoms with Crippen molar-refractivity contribution in [3.05, 3.63) is 48.2 Å². The monoisotopic (exact) mass is 332 g/mol. The Kier molecular flexibility index (Phi) is 4.47. The summed E-state index contributed by atoms with van der Waals surface area (Å²) in [6.07, 6.45) is 2.32. The van der Waals surface area contributed by atoms with Gasteiger partial charge in [0.1, 0.15) is 5.82 Å². The number of sulfone groups is 1. The minimum absolute atomic E-state index is 0.0515. The maximum Gasteiger partial charge on any atom is 0.227 e. The van der Waals surface area contributed by atoms with Crippen LogP contribution >= 0.6 is 0 Å². The molecule has 1 N–H and O–H groups in total. The summed E-state index contributed by atoms with van der Waals surface area (Å²) >= 11 is 0. The first-order valence-electron chi connectivity index (χ1n) is 7.58. The summed E-state index contributed by atoms with van der Waals surface area (Å²) in [4.78, 5) is 10.6. The highest BCUT2D eigenvalue weighted by Gasteiger charge is 2.31. The lowest BCUT2D eigenvalue weighted by Gasteiger charge is -2.23. The quantitative estimate of drug-likeness (QED) is 0.898. The third-order valence-electron chi connectivity index (χ3n) is 4.03.